The normalized spacial score (nSPS) is 12.2. The SMILES string of the molecule is CCC(C)c1c(C)nn(C(=O)c2ccc(-c3ccccc3)cc2)c1C. The second-order valence-electron chi connectivity index (χ2n) is 6.55. The molecule has 1 atom stereocenters. The zero-order valence-electron chi connectivity index (χ0n) is 15.3. The summed E-state index contributed by atoms with van der Waals surface area (Å²) < 4.78 is 1.55. The van der Waals surface area contributed by atoms with E-state index in [-0.39, 0.29) is 5.91 Å². The fourth-order valence-corrected chi connectivity index (χ4v) is 3.33. The fourth-order valence-electron chi connectivity index (χ4n) is 3.33. The first-order chi connectivity index (χ1) is 12.0. The molecule has 0 saturated carbocycles. The highest BCUT2D eigenvalue weighted by atomic mass is 16.2. The third-order valence-corrected chi connectivity index (χ3v) is 4.88. The highest BCUT2D eigenvalue weighted by molar-refractivity contribution is 5.96. The van der Waals surface area contributed by atoms with Crippen molar-refractivity contribution in [1.29, 1.82) is 0 Å². The van der Waals surface area contributed by atoms with Crippen LogP contribution in [-0.4, -0.2) is 15.7 Å². The van der Waals surface area contributed by atoms with E-state index in [2.05, 4.69) is 31.1 Å². The van der Waals surface area contributed by atoms with E-state index in [1.807, 2.05) is 56.3 Å². The smallest absolute Gasteiger partial charge is 0.267 e. The summed E-state index contributed by atoms with van der Waals surface area (Å²) in [4.78, 5) is 12.9. The minimum atomic E-state index is -0.0743. The Morgan fingerprint density at radius 1 is 1.00 bits per heavy atom. The summed E-state index contributed by atoms with van der Waals surface area (Å²) in [5, 5.41) is 4.50. The molecule has 3 rings (SSSR count). The van der Waals surface area contributed by atoms with E-state index < -0.39 is 0 Å². The fraction of sp³-hybridized carbons (Fsp3) is 0.273. The Bertz CT molecular complexity index is 876. The van der Waals surface area contributed by atoms with Gasteiger partial charge in [0.05, 0.1) is 5.69 Å². The topological polar surface area (TPSA) is 34.9 Å². The molecule has 0 aliphatic carbocycles. The maximum atomic E-state index is 12.9. The minimum Gasteiger partial charge on any atom is -0.267 e. The highest BCUT2D eigenvalue weighted by Crippen LogP contribution is 2.26. The van der Waals surface area contributed by atoms with E-state index in [1.165, 1.54) is 5.56 Å². The first-order valence-corrected chi connectivity index (χ1v) is 8.79. The second kappa shape index (κ2) is 7.06. The molecule has 128 valence electrons. The van der Waals surface area contributed by atoms with Crippen molar-refractivity contribution in [2.75, 3.05) is 0 Å². The van der Waals surface area contributed by atoms with Crippen LogP contribution in [0.5, 0.6) is 0 Å². The van der Waals surface area contributed by atoms with Crippen LogP contribution in [0.25, 0.3) is 11.1 Å². The number of carbonyl (C=O) groups is 1. The van der Waals surface area contributed by atoms with Crippen molar-refractivity contribution in [2.24, 2.45) is 0 Å². The number of aromatic nitrogens is 2. The van der Waals surface area contributed by atoms with Gasteiger partial charge in [-0.1, -0.05) is 56.3 Å². The lowest BCUT2D eigenvalue weighted by molar-refractivity contribution is 0.0942. The molecule has 0 spiro atoms. The molecule has 3 nitrogen and oxygen atoms in total. The summed E-state index contributed by atoms with van der Waals surface area (Å²) in [6.07, 6.45) is 1.04. The molecular formula is C22H24N2O. The van der Waals surface area contributed by atoms with Gasteiger partial charge in [-0.3, -0.25) is 4.79 Å². The average Bonchev–Trinajstić information content (AvgIpc) is 2.95. The molecule has 0 fully saturated rings. The maximum absolute atomic E-state index is 12.9. The second-order valence-corrected chi connectivity index (χ2v) is 6.55. The highest BCUT2D eigenvalue weighted by Gasteiger charge is 2.20. The Labute approximate surface area is 149 Å². The van der Waals surface area contributed by atoms with Crippen LogP contribution >= 0.6 is 0 Å². The minimum absolute atomic E-state index is 0.0743. The number of hydrogen-bond donors (Lipinski definition) is 0. The van der Waals surface area contributed by atoms with Gasteiger partial charge in [-0.15, -0.1) is 0 Å². The van der Waals surface area contributed by atoms with Crippen molar-refractivity contribution in [3.05, 3.63) is 77.1 Å². The van der Waals surface area contributed by atoms with E-state index >= 15 is 0 Å². The van der Waals surface area contributed by atoms with Gasteiger partial charge in [0.1, 0.15) is 0 Å². The molecule has 1 aromatic heterocycles. The number of rotatable bonds is 4. The number of aryl methyl sites for hydroxylation is 1. The van der Waals surface area contributed by atoms with Crippen LogP contribution in [0.4, 0.5) is 0 Å². The first-order valence-electron chi connectivity index (χ1n) is 8.79. The van der Waals surface area contributed by atoms with Crippen LogP contribution in [0.1, 0.15) is 53.5 Å². The Morgan fingerprint density at radius 2 is 1.60 bits per heavy atom. The van der Waals surface area contributed by atoms with Crippen molar-refractivity contribution < 1.29 is 4.79 Å². The van der Waals surface area contributed by atoms with Crippen molar-refractivity contribution >= 4 is 5.91 Å². The number of carbonyl (C=O) groups excluding carboxylic acids is 1. The number of benzene rings is 2. The first kappa shape index (κ1) is 17.2. The van der Waals surface area contributed by atoms with Crippen LogP contribution in [0, 0.1) is 13.8 Å². The van der Waals surface area contributed by atoms with Crippen LogP contribution in [0.3, 0.4) is 0 Å². The van der Waals surface area contributed by atoms with Crippen molar-refractivity contribution in [3.8, 4) is 11.1 Å². The summed E-state index contributed by atoms with van der Waals surface area (Å²) in [6, 6.07) is 17.9. The van der Waals surface area contributed by atoms with Crippen molar-refractivity contribution in [1.82, 2.24) is 9.78 Å². The Balaban J connectivity index is 1.92. The lowest BCUT2D eigenvalue weighted by atomic mass is 9.97. The Morgan fingerprint density at radius 3 is 2.20 bits per heavy atom. The van der Waals surface area contributed by atoms with Gasteiger partial charge in [0.25, 0.3) is 5.91 Å². The third kappa shape index (κ3) is 3.27. The molecule has 3 heteroatoms. The molecule has 0 amide bonds. The predicted octanol–water partition coefficient (Wildman–Crippen LogP) is 5.37. The number of nitrogens with zero attached hydrogens (tertiary/aromatic N) is 2. The van der Waals surface area contributed by atoms with Crippen LogP contribution in [0.15, 0.2) is 54.6 Å². The zero-order valence-corrected chi connectivity index (χ0v) is 15.3. The van der Waals surface area contributed by atoms with E-state index in [0.29, 0.717) is 11.5 Å². The molecule has 0 N–H and O–H groups in total. The van der Waals surface area contributed by atoms with Gasteiger partial charge in [-0.2, -0.15) is 5.10 Å². The van der Waals surface area contributed by atoms with Gasteiger partial charge in [0.15, 0.2) is 0 Å². The molecule has 1 unspecified atom stereocenters. The van der Waals surface area contributed by atoms with Crippen molar-refractivity contribution in [2.45, 2.75) is 40.0 Å². The van der Waals surface area contributed by atoms with Crippen molar-refractivity contribution in [3.63, 3.8) is 0 Å². The lowest BCUT2D eigenvalue weighted by Crippen LogP contribution is -2.15. The Kier molecular flexibility index (Phi) is 4.84. The summed E-state index contributed by atoms with van der Waals surface area (Å²) in [5.41, 5.74) is 5.99. The van der Waals surface area contributed by atoms with Gasteiger partial charge < -0.3 is 0 Å². The standard InChI is InChI=1S/C22H24N2O/c1-5-15(2)21-16(3)23-24(17(21)4)22(25)20-13-11-19(12-14-20)18-9-7-6-8-10-18/h6-15H,5H2,1-4H3. The van der Waals surface area contributed by atoms with Gasteiger partial charge in [-0.25, -0.2) is 4.68 Å². The average molecular weight is 332 g/mol. The summed E-state index contributed by atoms with van der Waals surface area (Å²) in [6.45, 7) is 8.31. The van der Waals surface area contributed by atoms with Gasteiger partial charge in [0, 0.05) is 11.3 Å². The predicted molar refractivity (Wildman–Crippen MR) is 102 cm³/mol. The van der Waals surface area contributed by atoms with Gasteiger partial charge >= 0.3 is 0 Å². The molecule has 3 aromatic rings. The van der Waals surface area contributed by atoms with Crippen LogP contribution in [-0.2, 0) is 0 Å². The maximum Gasteiger partial charge on any atom is 0.278 e. The van der Waals surface area contributed by atoms with E-state index in [0.717, 1.165) is 28.9 Å². The molecule has 0 aliphatic rings. The molecule has 2 aromatic carbocycles. The Hall–Kier alpha value is -2.68. The van der Waals surface area contributed by atoms with E-state index in [9.17, 15) is 4.79 Å². The van der Waals surface area contributed by atoms with Crippen LogP contribution in [0.2, 0.25) is 0 Å². The van der Waals surface area contributed by atoms with Gasteiger partial charge in [0.2, 0.25) is 0 Å². The van der Waals surface area contributed by atoms with E-state index in [1.54, 1.807) is 4.68 Å². The lowest BCUT2D eigenvalue weighted by Gasteiger charge is -2.10. The zero-order chi connectivity index (χ0) is 18.0. The van der Waals surface area contributed by atoms with Gasteiger partial charge in [-0.05, 0) is 55.0 Å². The molecule has 1 heterocycles. The molecule has 0 radical (unpaired) electrons. The quantitative estimate of drug-likeness (QED) is 0.644. The largest absolute Gasteiger partial charge is 0.278 e. The third-order valence-electron chi connectivity index (χ3n) is 4.88. The summed E-state index contributed by atoms with van der Waals surface area (Å²) >= 11 is 0. The monoisotopic (exact) mass is 332 g/mol. The molecule has 0 bridgehead atoms. The van der Waals surface area contributed by atoms with Crippen LogP contribution < -0.4 is 0 Å². The summed E-state index contributed by atoms with van der Waals surface area (Å²) in [7, 11) is 0. The van der Waals surface area contributed by atoms with E-state index in [4.69, 9.17) is 0 Å². The molecular weight excluding hydrogens is 308 g/mol. The molecule has 0 aliphatic heterocycles. The summed E-state index contributed by atoms with van der Waals surface area (Å²) in [5.74, 6) is 0.330. The molecule has 0 saturated heterocycles. The molecule has 25 heavy (non-hydrogen) atoms. The number of hydrogen-bond acceptors (Lipinski definition) is 2.